The Balaban J connectivity index is 3.47. The van der Waals surface area contributed by atoms with Crippen LogP contribution in [-0.4, -0.2) is 34.9 Å². The zero-order valence-electron chi connectivity index (χ0n) is 50.3. The van der Waals surface area contributed by atoms with Crippen molar-refractivity contribution in [2.75, 3.05) is 6.61 Å². The molecule has 0 rings (SSSR count). The molecule has 0 fully saturated rings. The van der Waals surface area contributed by atoms with Crippen LogP contribution in [-0.2, 0) is 4.79 Å². The van der Waals surface area contributed by atoms with Gasteiger partial charge in [0, 0.05) is 6.42 Å². The Hall–Kier alpha value is -2.43. The molecule has 3 N–H and O–H groups in total. The van der Waals surface area contributed by atoms with Gasteiger partial charge in [0.2, 0.25) is 5.91 Å². The van der Waals surface area contributed by atoms with E-state index in [1.807, 2.05) is 0 Å². The van der Waals surface area contributed by atoms with Gasteiger partial charge in [-0.15, -0.1) is 0 Å². The molecular weight excluding hydrogens is 915 g/mol. The summed E-state index contributed by atoms with van der Waals surface area (Å²) in [6, 6.07) is -0.547. The van der Waals surface area contributed by atoms with E-state index in [1.54, 1.807) is 0 Å². The number of aliphatic hydroxyl groups excluding tert-OH is 2. The summed E-state index contributed by atoms with van der Waals surface area (Å²) in [7, 11) is 0. The topological polar surface area (TPSA) is 69.6 Å². The molecule has 0 saturated heterocycles. The first-order valence-electron chi connectivity index (χ1n) is 33.3. The third-order valence-corrected chi connectivity index (χ3v) is 15.2. The first-order valence-corrected chi connectivity index (χ1v) is 33.3. The molecule has 436 valence electrons. The summed E-state index contributed by atoms with van der Waals surface area (Å²) in [5.41, 5.74) is 0. The Morgan fingerprint density at radius 1 is 0.333 bits per heavy atom. The largest absolute Gasteiger partial charge is 0.394 e. The van der Waals surface area contributed by atoms with Gasteiger partial charge in [-0.3, -0.25) is 4.79 Å². The minimum Gasteiger partial charge on any atom is -0.394 e. The standard InChI is InChI=1S/C71H129NO3/c1-3-5-7-9-11-13-15-17-19-21-23-25-27-29-31-33-35-37-38-40-42-44-46-48-50-52-54-56-58-60-62-64-66-70(74)69(68-73)72-71(75)67-65-63-61-59-57-55-53-51-49-47-45-43-41-39-36-34-32-30-28-26-24-22-20-18-16-14-12-10-8-6-4-2/h6,8,12,14,18,20,24,26,30,32,36,39,43,45,69-70,73-74H,3-5,7,9-11,13,15-17,19,21-23,25,27-29,31,33-35,37-38,40-42,44,46-68H2,1-2H3,(H,72,75)/b8-6-,14-12-,20-18-,26-24-,32-30-,39-36-,45-43-. The summed E-state index contributed by atoms with van der Waals surface area (Å²) >= 11 is 0. The molecule has 0 radical (unpaired) electrons. The third kappa shape index (κ3) is 62.3. The second kappa shape index (κ2) is 65.9. The van der Waals surface area contributed by atoms with Crippen LogP contribution < -0.4 is 5.32 Å². The summed E-state index contributed by atoms with van der Waals surface area (Å²) in [6.45, 7) is 4.27. The molecule has 0 aliphatic heterocycles. The van der Waals surface area contributed by atoms with Gasteiger partial charge in [0.1, 0.15) is 0 Å². The van der Waals surface area contributed by atoms with Crippen LogP contribution in [0.1, 0.15) is 341 Å². The lowest BCUT2D eigenvalue weighted by Crippen LogP contribution is -2.45. The predicted molar refractivity (Wildman–Crippen MR) is 336 cm³/mol. The summed E-state index contributed by atoms with van der Waals surface area (Å²) in [5.74, 6) is -0.0365. The number of allylic oxidation sites excluding steroid dienone is 14. The number of amides is 1. The fraction of sp³-hybridized carbons (Fsp3) is 0.789. The van der Waals surface area contributed by atoms with Crippen LogP contribution in [0, 0.1) is 0 Å². The van der Waals surface area contributed by atoms with Crippen molar-refractivity contribution in [1.82, 2.24) is 5.32 Å². The molecule has 0 heterocycles. The van der Waals surface area contributed by atoms with Crippen molar-refractivity contribution >= 4 is 5.91 Å². The number of rotatable bonds is 61. The summed E-state index contributed by atoms with van der Waals surface area (Å²) in [6.07, 6.45) is 96.2. The van der Waals surface area contributed by atoms with E-state index in [4.69, 9.17) is 0 Å². The molecule has 4 heteroatoms. The first-order chi connectivity index (χ1) is 37.2. The molecule has 0 aromatic rings. The SMILES string of the molecule is CC/C=C\C/C=C\C/C=C\C/C=C\C/C=C\C/C=C\C/C=C\CCCCCCCCCCCC(=O)NC(CO)C(O)CCCCCCCCCCCCCCCCCCCCCCCCCCCCCCCCCC. The second-order valence-electron chi connectivity index (χ2n) is 22.5. The quantitative estimate of drug-likeness (QED) is 0.0420. The first kappa shape index (κ1) is 72.6. The molecule has 0 saturated carbocycles. The Kier molecular flexibility index (Phi) is 63.7. The van der Waals surface area contributed by atoms with E-state index in [0.29, 0.717) is 12.8 Å². The maximum atomic E-state index is 12.5. The molecular formula is C71H129NO3. The van der Waals surface area contributed by atoms with Crippen molar-refractivity contribution in [2.45, 2.75) is 353 Å². The fourth-order valence-electron chi connectivity index (χ4n) is 10.2. The molecule has 2 atom stereocenters. The van der Waals surface area contributed by atoms with E-state index < -0.39 is 12.1 Å². The molecule has 1 amide bonds. The van der Waals surface area contributed by atoms with Crippen molar-refractivity contribution in [3.8, 4) is 0 Å². The summed E-state index contributed by atoms with van der Waals surface area (Å²) < 4.78 is 0. The highest BCUT2D eigenvalue weighted by Crippen LogP contribution is 2.18. The number of carbonyl (C=O) groups excluding carboxylic acids is 1. The maximum absolute atomic E-state index is 12.5. The molecule has 2 unspecified atom stereocenters. The number of aliphatic hydroxyl groups is 2. The van der Waals surface area contributed by atoms with Gasteiger partial charge in [-0.05, 0) is 70.6 Å². The molecule has 0 bridgehead atoms. The molecule has 4 nitrogen and oxygen atoms in total. The van der Waals surface area contributed by atoms with Crippen LogP contribution in [0.2, 0.25) is 0 Å². The molecule has 75 heavy (non-hydrogen) atoms. The number of hydrogen-bond donors (Lipinski definition) is 3. The zero-order chi connectivity index (χ0) is 54.1. The monoisotopic (exact) mass is 1040 g/mol. The summed E-state index contributed by atoms with van der Waals surface area (Å²) in [4.78, 5) is 12.5. The van der Waals surface area contributed by atoms with Crippen molar-refractivity contribution in [3.05, 3.63) is 85.1 Å². The lowest BCUT2D eigenvalue weighted by molar-refractivity contribution is -0.123. The summed E-state index contributed by atoms with van der Waals surface area (Å²) in [5, 5.41) is 23.4. The number of nitrogens with one attached hydrogen (secondary N) is 1. The normalized spacial score (nSPS) is 13.3. The van der Waals surface area contributed by atoms with Gasteiger partial charge in [-0.2, -0.15) is 0 Å². The highest BCUT2D eigenvalue weighted by molar-refractivity contribution is 5.76. The molecule has 0 aliphatic carbocycles. The smallest absolute Gasteiger partial charge is 0.220 e. The van der Waals surface area contributed by atoms with E-state index in [1.165, 1.54) is 244 Å². The predicted octanol–water partition coefficient (Wildman–Crippen LogP) is 22.7. The zero-order valence-corrected chi connectivity index (χ0v) is 50.3. The van der Waals surface area contributed by atoms with E-state index >= 15 is 0 Å². The van der Waals surface area contributed by atoms with E-state index in [0.717, 1.165) is 70.6 Å². The van der Waals surface area contributed by atoms with Gasteiger partial charge in [0.15, 0.2) is 0 Å². The van der Waals surface area contributed by atoms with Crippen LogP contribution >= 0.6 is 0 Å². The van der Waals surface area contributed by atoms with Crippen molar-refractivity contribution in [1.29, 1.82) is 0 Å². The van der Waals surface area contributed by atoms with Crippen LogP contribution in [0.4, 0.5) is 0 Å². The fourth-order valence-corrected chi connectivity index (χ4v) is 10.2. The van der Waals surface area contributed by atoms with Crippen molar-refractivity contribution in [3.63, 3.8) is 0 Å². The van der Waals surface area contributed by atoms with Crippen LogP contribution in [0.3, 0.4) is 0 Å². The molecule has 0 aromatic carbocycles. The lowest BCUT2D eigenvalue weighted by Gasteiger charge is -2.22. The molecule has 0 aliphatic rings. The van der Waals surface area contributed by atoms with Gasteiger partial charge in [0.25, 0.3) is 0 Å². The lowest BCUT2D eigenvalue weighted by atomic mass is 10.0. The average molecular weight is 1040 g/mol. The Labute approximate surface area is 469 Å². The Morgan fingerprint density at radius 2 is 0.587 bits per heavy atom. The van der Waals surface area contributed by atoms with Crippen LogP contribution in [0.15, 0.2) is 85.1 Å². The maximum Gasteiger partial charge on any atom is 0.220 e. The molecule has 0 spiro atoms. The minimum atomic E-state index is -0.670. The van der Waals surface area contributed by atoms with E-state index in [9.17, 15) is 15.0 Å². The average Bonchev–Trinajstić information content (AvgIpc) is 3.41. The minimum absolute atomic E-state index is 0.0365. The third-order valence-electron chi connectivity index (χ3n) is 15.2. The number of carbonyl (C=O) groups is 1. The highest BCUT2D eigenvalue weighted by Gasteiger charge is 2.20. The van der Waals surface area contributed by atoms with Crippen LogP contribution in [0.5, 0.6) is 0 Å². The van der Waals surface area contributed by atoms with E-state index in [-0.39, 0.29) is 12.5 Å². The van der Waals surface area contributed by atoms with Gasteiger partial charge in [-0.25, -0.2) is 0 Å². The van der Waals surface area contributed by atoms with Crippen LogP contribution in [0.25, 0.3) is 0 Å². The van der Waals surface area contributed by atoms with Crippen molar-refractivity contribution in [2.24, 2.45) is 0 Å². The van der Waals surface area contributed by atoms with Gasteiger partial charge in [0.05, 0.1) is 18.8 Å². The highest BCUT2D eigenvalue weighted by atomic mass is 16.3. The van der Waals surface area contributed by atoms with Crippen molar-refractivity contribution < 1.29 is 15.0 Å². The van der Waals surface area contributed by atoms with Gasteiger partial charge >= 0.3 is 0 Å². The van der Waals surface area contributed by atoms with Gasteiger partial charge < -0.3 is 15.5 Å². The van der Waals surface area contributed by atoms with Gasteiger partial charge in [-0.1, -0.05) is 349 Å². The molecule has 0 aromatic heterocycles. The number of hydrogen-bond acceptors (Lipinski definition) is 3. The second-order valence-corrected chi connectivity index (χ2v) is 22.5. The Bertz CT molecular complexity index is 1320. The number of unbranched alkanes of at least 4 members (excludes halogenated alkanes) is 40. The van der Waals surface area contributed by atoms with E-state index in [2.05, 4.69) is 104 Å². The Morgan fingerprint density at radius 3 is 0.880 bits per heavy atom.